The summed E-state index contributed by atoms with van der Waals surface area (Å²) in [6, 6.07) is 11.7. The number of methoxy groups -OCH3 is 1. The van der Waals surface area contributed by atoms with Gasteiger partial charge in [0.05, 0.1) is 18.6 Å². The van der Waals surface area contributed by atoms with Crippen LogP contribution in [-0.4, -0.2) is 42.9 Å². The molecule has 0 aliphatic carbocycles. The van der Waals surface area contributed by atoms with E-state index < -0.39 is 5.97 Å². The second-order valence-corrected chi connectivity index (χ2v) is 7.54. The summed E-state index contributed by atoms with van der Waals surface area (Å²) in [6.07, 6.45) is 1.48. The van der Waals surface area contributed by atoms with Crippen LogP contribution in [0.15, 0.2) is 42.5 Å². The number of carbonyl (C=O) groups excluding carboxylic acids is 3. The number of aryl methyl sites for hydroxylation is 1. The Balaban J connectivity index is 1.66. The Morgan fingerprint density at radius 2 is 1.79 bits per heavy atom. The number of ether oxygens (including phenoxy) is 1. The maximum atomic E-state index is 12.8. The molecule has 2 amide bonds. The standard InChI is InChI=1S/C22H23ClN2O4/c1-14-12-16(22(28)29-2)7-10-19(14)24-20(26)17-4-3-11-25(13-17)21(27)15-5-8-18(23)9-6-15/h5-10,12,17H,3-4,11,13H2,1-2H3,(H,24,26). The van der Waals surface area contributed by atoms with Crippen LogP contribution in [0.1, 0.15) is 39.1 Å². The fraction of sp³-hybridized carbons (Fsp3) is 0.318. The molecule has 3 rings (SSSR count). The number of piperidine rings is 1. The SMILES string of the molecule is COC(=O)c1ccc(NC(=O)C2CCCN(C(=O)c3ccc(Cl)cc3)C2)c(C)c1. The first-order valence-corrected chi connectivity index (χ1v) is 9.81. The summed E-state index contributed by atoms with van der Waals surface area (Å²) in [7, 11) is 1.33. The highest BCUT2D eigenvalue weighted by molar-refractivity contribution is 6.30. The molecular formula is C22H23ClN2O4. The number of nitrogens with zero attached hydrogens (tertiary/aromatic N) is 1. The molecule has 0 radical (unpaired) electrons. The van der Waals surface area contributed by atoms with Crippen LogP contribution < -0.4 is 5.32 Å². The molecule has 152 valence electrons. The van der Waals surface area contributed by atoms with Crippen molar-refractivity contribution in [2.24, 2.45) is 5.92 Å². The summed E-state index contributed by atoms with van der Waals surface area (Å²) in [6.45, 7) is 2.81. The number of likely N-dealkylation sites (tertiary alicyclic amines) is 1. The van der Waals surface area contributed by atoms with Gasteiger partial charge < -0.3 is 15.0 Å². The van der Waals surface area contributed by atoms with Crippen molar-refractivity contribution >= 4 is 35.1 Å². The molecule has 1 saturated heterocycles. The molecule has 2 aromatic carbocycles. The van der Waals surface area contributed by atoms with Gasteiger partial charge in [0.25, 0.3) is 5.91 Å². The van der Waals surface area contributed by atoms with E-state index in [4.69, 9.17) is 16.3 Å². The van der Waals surface area contributed by atoms with E-state index >= 15 is 0 Å². The zero-order chi connectivity index (χ0) is 21.0. The minimum atomic E-state index is -0.422. The van der Waals surface area contributed by atoms with Gasteiger partial charge in [-0.2, -0.15) is 0 Å². The summed E-state index contributed by atoms with van der Waals surface area (Å²) >= 11 is 5.89. The fourth-order valence-electron chi connectivity index (χ4n) is 3.43. The van der Waals surface area contributed by atoms with Gasteiger partial charge in [-0.1, -0.05) is 11.6 Å². The van der Waals surface area contributed by atoms with Crippen LogP contribution in [-0.2, 0) is 9.53 Å². The third-order valence-corrected chi connectivity index (χ3v) is 5.33. The lowest BCUT2D eigenvalue weighted by Crippen LogP contribution is -2.43. The third-order valence-electron chi connectivity index (χ3n) is 5.08. The van der Waals surface area contributed by atoms with Crippen molar-refractivity contribution in [2.75, 3.05) is 25.5 Å². The average molecular weight is 415 g/mol. The molecule has 1 unspecified atom stereocenters. The Morgan fingerprint density at radius 3 is 2.45 bits per heavy atom. The molecule has 1 fully saturated rings. The Morgan fingerprint density at radius 1 is 1.10 bits per heavy atom. The predicted molar refractivity (Wildman–Crippen MR) is 111 cm³/mol. The molecule has 1 atom stereocenters. The number of hydrogen-bond acceptors (Lipinski definition) is 4. The highest BCUT2D eigenvalue weighted by Crippen LogP contribution is 2.23. The van der Waals surface area contributed by atoms with Gasteiger partial charge >= 0.3 is 5.97 Å². The van der Waals surface area contributed by atoms with Crippen molar-refractivity contribution in [3.05, 3.63) is 64.2 Å². The number of carbonyl (C=O) groups is 3. The second-order valence-electron chi connectivity index (χ2n) is 7.11. The normalized spacial score (nSPS) is 16.2. The van der Waals surface area contributed by atoms with E-state index in [1.165, 1.54) is 7.11 Å². The van der Waals surface area contributed by atoms with Crippen molar-refractivity contribution in [3.8, 4) is 0 Å². The number of hydrogen-bond donors (Lipinski definition) is 1. The van der Waals surface area contributed by atoms with Gasteiger partial charge in [0.1, 0.15) is 0 Å². The van der Waals surface area contributed by atoms with Gasteiger partial charge in [-0.25, -0.2) is 4.79 Å². The zero-order valence-electron chi connectivity index (χ0n) is 16.4. The van der Waals surface area contributed by atoms with Crippen molar-refractivity contribution in [3.63, 3.8) is 0 Å². The highest BCUT2D eigenvalue weighted by Gasteiger charge is 2.29. The molecule has 1 heterocycles. The Hall–Kier alpha value is -2.86. The first-order valence-electron chi connectivity index (χ1n) is 9.43. The smallest absolute Gasteiger partial charge is 0.337 e. The monoisotopic (exact) mass is 414 g/mol. The summed E-state index contributed by atoms with van der Waals surface area (Å²) < 4.78 is 4.71. The van der Waals surface area contributed by atoms with E-state index in [0.717, 1.165) is 18.4 Å². The predicted octanol–water partition coefficient (Wildman–Crippen LogP) is 3.93. The topological polar surface area (TPSA) is 75.7 Å². The van der Waals surface area contributed by atoms with Gasteiger partial charge in [0.15, 0.2) is 0 Å². The van der Waals surface area contributed by atoms with Crippen molar-refractivity contribution in [1.82, 2.24) is 4.90 Å². The largest absolute Gasteiger partial charge is 0.465 e. The molecule has 7 heteroatoms. The molecule has 0 bridgehead atoms. The third kappa shape index (κ3) is 4.95. The van der Waals surface area contributed by atoms with Gasteiger partial charge in [-0.05, 0) is 67.8 Å². The Labute approximate surface area is 174 Å². The lowest BCUT2D eigenvalue weighted by atomic mass is 9.96. The van der Waals surface area contributed by atoms with Crippen LogP contribution in [0.3, 0.4) is 0 Å². The van der Waals surface area contributed by atoms with E-state index in [2.05, 4.69) is 5.32 Å². The summed E-state index contributed by atoms with van der Waals surface area (Å²) in [4.78, 5) is 38.9. The number of esters is 1. The Bertz CT molecular complexity index is 927. The number of nitrogens with one attached hydrogen (secondary N) is 1. The number of amides is 2. The molecule has 1 aliphatic heterocycles. The van der Waals surface area contributed by atoms with E-state index in [-0.39, 0.29) is 17.7 Å². The van der Waals surface area contributed by atoms with Gasteiger partial charge in [-0.3, -0.25) is 9.59 Å². The minimum absolute atomic E-state index is 0.0993. The quantitative estimate of drug-likeness (QED) is 0.769. The van der Waals surface area contributed by atoms with Crippen LogP contribution >= 0.6 is 11.6 Å². The van der Waals surface area contributed by atoms with E-state index in [1.54, 1.807) is 47.4 Å². The minimum Gasteiger partial charge on any atom is -0.465 e. The van der Waals surface area contributed by atoms with Gasteiger partial charge in [0.2, 0.25) is 5.91 Å². The maximum absolute atomic E-state index is 12.8. The molecule has 1 aliphatic rings. The molecule has 29 heavy (non-hydrogen) atoms. The number of anilines is 1. The lowest BCUT2D eigenvalue weighted by molar-refractivity contribution is -0.121. The molecule has 6 nitrogen and oxygen atoms in total. The van der Waals surface area contributed by atoms with Crippen LogP contribution in [0.5, 0.6) is 0 Å². The van der Waals surface area contributed by atoms with E-state index in [0.29, 0.717) is 34.9 Å². The number of rotatable bonds is 4. The molecule has 1 N–H and O–H groups in total. The Kier molecular flexibility index (Phi) is 6.54. The summed E-state index contributed by atoms with van der Waals surface area (Å²) in [5.74, 6) is -0.945. The van der Waals surface area contributed by atoms with E-state index in [1.807, 2.05) is 6.92 Å². The van der Waals surface area contributed by atoms with Crippen molar-refractivity contribution in [1.29, 1.82) is 0 Å². The van der Waals surface area contributed by atoms with Crippen molar-refractivity contribution in [2.45, 2.75) is 19.8 Å². The van der Waals surface area contributed by atoms with Crippen LogP contribution in [0.4, 0.5) is 5.69 Å². The van der Waals surface area contributed by atoms with E-state index in [9.17, 15) is 14.4 Å². The van der Waals surface area contributed by atoms with Crippen LogP contribution in [0.25, 0.3) is 0 Å². The first kappa shape index (κ1) is 20.9. The summed E-state index contributed by atoms with van der Waals surface area (Å²) in [5.41, 5.74) is 2.40. The molecule has 0 spiro atoms. The van der Waals surface area contributed by atoms with Gasteiger partial charge in [0, 0.05) is 29.4 Å². The van der Waals surface area contributed by atoms with Crippen molar-refractivity contribution < 1.29 is 19.1 Å². The number of benzene rings is 2. The molecule has 0 aromatic heterocycles. The molecular weight excluding hydrogens is 392 g/mol. The molecule has 0 saturated carbocycles. The van der Waals surface area contributed by atoms with Crippen LogP contribution in [0.2, 0.25) is 5.02 Å². The lowest BCUT2D eigenvalue weighted by Gasteiger charge is -2.32. The highest BCUT2D eigenvalue weighted by atomic mass is 35.5. The fourth-order valence-corrected chi connectivity index (χ4v) is 3.56. The first-order chi connectivity index (χ1) is 13.9. The second kappa shape index (κ2) is 9.09. The average Bonchev–Trinajstić information content (AvgIpc) is 2.74. The van der Waals surface area contributed by atoms with Crippen LogP contribution in [0, 0.1) is 12.8 Å². The maximum Gasteiger partial charge on any atom is 0.337 e. The molecule has 2 aromatic rings. The zero-order valence-corrected chi connectivity index (χ0v) is 17.2. The summed E-state index contributed by atoms with van der Waals surface area (Å²) in [5, 5.41) is 3.50. The number of halogens is 1. The van der Waals surface area contributed by atoms with Gasteiger partial charge in [-0.15, -0.1) is 0 Å².